The van der Waals surface area contributed by atoms with Gasteiger partial charge in [-0.15, -0.1) is 11.3 Å². The predicted molar refractivity (Wildman–Crippen MR) is 82.8 cm³/mol. The average Bonchev–Trinajstić information content (AvgIpc) is 2.67. The molecule has 2 rings (SSSR count). The molecule has 21 heavy (non-hydrogen) atoms. The first-order valence-electron chi connectivity index (χ1n) is 5.91. The molecule has 0 fully saturated rings. The van der Waals surface area contributed by atoms with E-state index in [2.05, 4.69) is 21.2 Å². The summed E-state index contributed by atoms with van der Waals surface area (Å²) in [5, 5.41) is 12.0. The van der Waals surface area contributed by atoms with Crippen LogP contribution in [0, 0.1) is 19.7 Å². The van der Waals surface area contributed by atoms with Gasteiger partial charge in [0.25, 0.3) is 5.91 Å². The summed E-state index contributed by atoms with van der Waals surface area (Å²) < 4.78 is 13.5. The third kappa shape index (κ3) is 2.98. The van der Waals surface area contributed by atoms with Crippen molar-refractivity contribution in [1.29, 1.82) is 0 Å². The number of hydrogen-bond donors (Lipinski definition) is 2. The molecule has 1 amide bonds. The standard InChI is InChI=1S/C14H11BrFNO3S/c1-6-7(2)21-13(10(6)14(19)20)17-12(18)8-4-3-5-9(16)11(8)15/h3-5H,1-2H3,(H,17,18)(H,19,20). The quantitative estimate of drug-likeness (QED) is 0.848. The number of amides is 1. The van der Waals surface area contributed by atoms with Crippen molar-refractivity contribution in [2.24, 2.45) is 0 Å². The lowest BCUT2D eigenvalue weighted by molar-refractivity contribution is 0.0697. The van der Waals surface area contributed by atoms with E-state index in [-0.39, 0.29) is 20.6 Å². The lowest BCUT2D eigenvalue weighted by Crippen LogP contribution is -2.14. The van der Waals surface area contributed by atoms with Gasteiger partial charge >= 0.3 is 5.97 Å². The number of anilines is 1. The van der Waals surface area contributed by atoms with Gasteiger partial charge in [0, 0.05) is 4.88 Å². The number of aromatic carboxylic acids is 1. The maximum Gasteiger partial charge on any atom is 0.338 e. The molecule has 2 N–H and O–H groups in total. The highest BCUT2D eigenvalue weighted by molar-refractivity contribution is 9.10. The maximum atomic E-state index is 13.4. The summed E-state index contributed by atoms with van der Waals surface area (Å²) in [4.78, 5) is 24.3. The normalized spacial score (nSPS) is 10.5. The van der Waals surface area contributed by atoms with Crippen LogP contribution >= 0.6 is 27.3 Å². The molecule has 1 aromatic carbocycles. The van der Waals surface area contributed by atoms with Gasteiger partial charge in [-0.2, -0.15) is 0 Å². The fraction of sp³-hybridized carbons (Fsp3) is 0.143. The molecule has 0 radical (unpaired) electrons. The summed E-state index contributed by atoms with van der Waals surface area (Å²) in [5.74, 6) is -2.23. The summed E-state index contributed by atoms with van der Waals surface area (Å²) in [7, 11) is 0. The van der Waals surface area contributed by atoms with Gasteiger partial charge in [-0.25, -0.2) is 9.18 Å². The van der Waals surface area contributed by atoms with E-state index in [0.29, 0.717) is 5.56 Å². The van der Waals surface area contributed by atoms with Crippen molar-refractivity contribution in [3.05, 3.63) is 50.1 Å². The Morgan fingerprint density at radius 3 is 2.62 bits per heavy atom. The number of hydrogen-bond acceptors (Lipinski definition) is 3. The molecule has 0 bridgehead atoms. The molecular formula is C14H11BrFNO3S. The van der Waals surface area contributed by atoms with Crippen molar-refractivity contribution in [1.82, 2.24) is 0 Å². The van der Waals surface area contributed by atoms with Gasteiger partial charge in [0.05, 0.1) is 15.6 Å². The highest BCUT2D eigenvalue weighted by Gasteiger charge is 2.22. The van der Waals surface area contributed by atoms with E-state index in [1.807, 2.05) is 0 Å². The molecule has 0 atom stereocenters. The lowest BCUT2D eigenvalue weighted by Gasteiger charge is -2.07. The van der Waals surface area contributed by atoms with Gasteiger partial charge in [-0.05, 0) is 47.5 Å². The zero-order chi connectivity index (χ0) is 15.7. The average molecular weight is 372 g/mol. The van der Waals surface area contributed by atoms with Gasteiger partial charge in [0.2, 0.25) is 0 Å². The van der Waals surface area contributed by atoms with Gasteiger partial charge in [0.1, 0.15) is 10.8 Å². The fourth-order valence-corrected chi connectivity index (χ4v) is 3.31. The SMILES string of the molecule is Cc1sc(NC(=O)c2cccc(F)c2Br)c(C(=O)O)c1C. The maximum absolute atomic E-state index is 13.4. The van der Waals surface area contributed by atoms with Crippen molar-refractivity contribution >= 4 is 44.1 Å². The number of thiophene rings is 1. The second-order valence-electron chi connectivity index (χ2n) is 4.35. The largest absolute Gasteiger partial charge is 0.478 e. The minimum Gasteiger partial charge on any atom is -0.478 e. The number of rotatable bonds is 3. The molecule has 0 unspecified atom stereocenters. The molecule has 0 saturated heterocycles. The highest BCUT2D eigenvalue weighted by atomic mass is 79.9. The van der Waals surface area contributed by atoms with E-state index in [1.54, 1.807) is 13.8 Å². The minimum absolute atomic E-state index is 0.0457. The smallest absolute Gasteiger partial charge is 0.338 e. The van der Waals surface area contributed by atoms with Crippen LogP contribution < -0.4 is 5.32 Å². The van der Waals surface area contributed by atoms with Crippen molar-refractivity contribution in [3.63, 3.8) is 0 Å². The van der Waals surface area contributed by atoms with Crippen LogP contribution in [0.5, 0.6) is 0 Å². The van der Waals surface area contributed by atoms with Gasteiger partial charge in [-0.1, -0.05) is 6.07 Å². The molecule has 1 aromatic heterocycles. The molecule has 0 saturated carbocycles. The number of carbonyl (C=O) groups excluding carboxylic acids is 1. The van der Waals surface area contributed by atoms with E-state index < -0.39 is 17.7 Å². The topological polar surface area (TPSA) is 66.4 Å². The highest BCUT2D eigenvalue weighted by Crippen LogP contribution is 2.33. The van der Waals surface area contributed by atoms with E-state index in [0.717, 1.165) is 4.88 Å². The fourth-order valence-electron chi connectivity index (χ4n) is 1.82. The van der Waals surface area contributed by atoms with E-state index >= 15 is 0 Å². The summed E-state index contributed by atoms with van der Waals surface area (Å²) in [5.41, 5.74) is 0.787. The molecule has 1 heterocycles. The Balaban J connectivity index is 2.39. The molecule has 0 aliphatic carbocycles. The van der Waals surface area contributed by atoms with Crippen LogP contribution in [0.4, 0.5) is 9.39 Å². The Morgan fingerprint density at radius 1 is 1.33 bits per heavy atom. The molecule has 2 aromatic rings. The Labute approximate surface area is 132 Å². The Hall–Kier alpha value is -1.73. The summed E-state index contributed by atoms with van der Waals surface area (Å²) in [6, 6.07) is 4.09. The molecule has 0 aliphatic heterocycles. The number of benzene rings is 1. The summed E-state index contributed by atoms with van der Waals surface area (Å²) >= 11 is 4.19. The Kier molecular flexibility index (Phi) is 4.43. The van der Waals surface area contributed by atoms with Gasteiger partial charge in [0.15, 0.2) is 0 Å². The van der Waals surface area contributed by atoms with E-state index in [4.69, 9.17) is 0 Å². The Morgan fingerprint density at radius 2 is 2.00 bits per heavy atom. The van der Waals surface area contributed by atoms with Crippen molar-refractivity contribution in [3.8, 4) is 0 Å². The molecule has 0 aliphatic rings. The number of carboxylic acids is 1. The second-order valence-corrected chi connectivity index (χ2v) is 6.37. The van der Waals surface area contributed by atoms with Gasteiger partial charge < -0.3 is 10.4 Å². The molecule has 4 nitrogen and oxygen atoms in total. The van der Waals surface area contributed by atoms with Crippen LogP contribution in [-0.2, 0) is 0 Å². The summed E-state index contributed by atoms with van der Waals surface area (Å²) in [6.45, 7) is 3.46. The monoisotopic (exact) mass is 371 g/mol. The van der Waals surface area contributed by atoms with E-state index in [9.17, 15) is 19.1 Å². The first-order valence-corrected chi connectivity index (χ1v) is 7.52. The number of carbonyl (C=O) groups is 2. The van der Waals surface area contributed by atoms with Crippen LogP contribution in [-0.4, -0.2) is 17.0 Å². The van der Waals surface area contributed by atoms with Crippen molar-refractivity contribution < 1.29 is 19.1 Å². The van der Waals surface area contributed by atoms with E-state index in [1.165, 1.54) is 29.5 Å². The molecule has 110 valence electrons. The van der Waals surface area contributed by atoms with Crippen LogP contribution in [0.15, 0.2) is 22.7 Å². The first kappa shape index (κ1) is 15.7. The van der Waals surface area contributed by atoms with Crippen LogP contribution in [0.3, 0.4) is 0 Å². The number of nitrogens with one attached hydrogen (secondary N) is 1. The zero-order valence-corrected chi connectivity index (χ0v) is 13.6. The van der Waals surface area contributed by atoms with Crippen LogP contribution in [0.2, 0.25) is 0 Å². The van der Waals surface area contributed by atoms with Gasteiger partial charge in [-0.3, -0.25) is 4.79 Å². The molecular weight excluding hydrogens is 361 g/mol. The second kappa shape index (κ2) is 5.95. The first-order chi connectivity index (χ1) is 9.82. The lowest BCUT2D eigenvalue weighted by atomic mass is 10.1. The van der Waals surface area contributed by atoms with Crippen LogP contribution in [0.25, 0.3) is 0 Å². The third-order valence-electron chi connectivity index (χ3n) is 3.02. The minimum atomic E-state index is -1.11. The van der Waals surface area contributed by atoms with Crippen molar-refractivity contribution in [2.45, 2.75) is 13.8 Å². The zero-order valence-electron chi connectivity index (χ0n) is 11.2. The molecule has 7 heteroatoms. The molecule has 0 spiro atoms. The number of aryl methyl sites for hydroxylation is 1. The van der Waals surface area contributed by atoms with Crippen LogP contribution in [0.1, 0.15) is 31.2 Å². The number of carboxylic acid groups (broad SMARTS) is 1. The Bertz CT molecular complexity index is 742. The third-order valence-corrected chi connectivity index (χ3v) is 4.95. The number of halogens is 2. The summed E-state index contributed by atoms with van der Waals surface area (Å²) in [6.07, 6.45) is 0. The predicted octanol–water partition coefficient (Wildman–Crippen LogP) is 4.22. The van der Waals surface area contributed by atoms with Crippen molar-refractivity contribution in [2.75, 3.05) is 5.32 Å².